The lowest BCUT2D eigenvalue weighted by atomic mass is 10.1. The van der Waals surface area contributed by atoms with Gasteiger partial charge in [0.25, 0.3) is 5.24 Å². The Kier molecular flexibility index (Phi) is 2.84. The molecule has 2 aliphatic rings. The number of thioether (sulfide) groups is 1. The Hall–Kier alpha value is -1.01. The first kappa shape index (κ1) is 11.1. The van der Waals surface area contributed by atoms with Crippen LogP contribution in [-0.4, -0.2) is 34.4 Å². The number of rotatable bonds is 1. The van der Waals surface area contributed by atoms with Gasteiger partial charge in [-0.25, -0.2) is 0 Å². The highest BCUT2D eigenvalue weighted by Gasteiger charge is 2.32. The van der Waals surface area contributed by atoms with Gasteiger partial charge in [0.15, 0.2) is 0 Å². The van der Waals surface area contributed by atoms with E-state index in [1.54, 1.807) is 11.3 Å². The summed E-state index contributed by atoms with van der Waals surface area (Å²) >= 11 is 2.95. The average molecular weight is 268 g/mol. The molecule has 0 saturated carbocycles. The zero-order chi connectivity index (χ0) is 11.8. The highest BCUT2D eigenvalue weighted by Crippen LogP contribution is 2.25. The smallest absolute Gasteiger partial charge is 0.279 e. The van der Waals surface area contributed by atoms with Crippen molar-refractivity contribution in [2.45, 2.75) is 19.0 Å². The van der Waals surface area contributed by atoms with Crippen LogP contribution in [0.15, 0.2) is 11.4 Å². The van der Waals surface area contributed by atoms with Crippen molar-refractivity contribution in [3.8, 4) is 0 Å². The fourth-order valence-electron chi connectivity index (χ4n) is 2.17. The first-order chi connectivity index (χ1) is 8.24. The SMILES string of the molecule is O=C1NC(C(=O)N2CCc3sccc3C2)CS1. The fourth-order valence-corrected chi connectivity index (χ4v) is 3.83. The van der Waals surface area contributed by atoms with Crippen molar-refractivity contribution < 1.29 is 9.59 Å². The van der Waals surface area contributed by atoms with Crippen molar-refractivity contribution in [3.05, 3.63) is 21.9 Å². The van der Waals surface area contributed by atoms with Crippen LogP contribution in [0, 0.1) is 0 Å². The first-order valence-corrected chi connectivity index (χ1v) is 7.38. The van der Waals surface area contributed by atoms with Gasteiger partial charge in [-0.05, 0) is 23.4 Å². The predicted octanol–water partition coefficient (Wildman–Crippen LogP) is 1.46. The molecule has 1 aromatic rings. The molecule has 3 rings (SSSR count). The first-order valence-electron chi connectivity index (χ1n) is 5.51. The van der Waals surface area contributed by atoms with Gasteiger partial charge in [0, 0.05) is 23.7 Å². The standard InChI is InChI=1S/C11H12N2O2S2/c14-10(8-6-17-11(15)12-8)13-3-1-9-7(5-13)2-4-16-9/h2,4,8H,1,3,5-6H2,(H,12,15). The molecule has 0 bridgehead atoms. The molecule has 0 aliphatic carbocycles. The number of nitrogens with zero attached hydrogens (tertiary/aromatic N) is 1. The molecule has 1 saturated heterocycles. The largest absolute Gasteiger partial charge is 0.336 e. The monoisotopic (exact) mass is 268 g/mol. The summed E-state index contributed by atoms with van der Waals surface area (Å²) in [6, 6.07) is 1.76. The molecule has 6 heteroatoms. The summed E-state index contributed by atoms with van der Waals surface area (Å²) in [5.41, 5.74) is 1.26. The maximum absolute atomic E-state index is 12.2. The molecule has 1 fully saturated rings. The normalized spacial score (nSPS) is 23.4. The molecule has 2 amide bonds. The summed E-state index contributed by atoms with van der Waals surface area (Å²) in [5, 5.41) is 4.69. The minimum absolute atomic E-state index is 0.0557. The number of thiophene rings is 1. The van der Waals surface area contributed by atoms with Crippen LogP contribution in [-0.2, 0) is 17.8 Å². The predicted molar refractivity (Wildman–Crippen MR) is 68.2 cm³/mol. The van der Waals surface area contributed by atoms with E-state index >= 15 is 0 Å². The van der Waals surface area contributed by atoms with Crippen molar-refractivity contribution in [1.29, 1.82) is 0 Å². The second-order valence-electron chi connectivity index (χ2n) is 4.17. The minimum Gasteiger partial charge on any atom is -0.336 e. The van der Waals surface area contributed by atoms with Crippen LogP contribution in [0.25, 0.3) is 0 Å². The molecule has 4 nitrogen and oxygen atoms in total. The number of hydrogen-bond acceptors (Lipinski definition) is 4. The fraction of sp³-hybridized carbons (Fsp3) is 0.455. The molecular weight excluding hydrogens is 256 g/mol. The highest BCUT2D eigenvalue weighted by molar-refractivity contribution is 8.14. The summed E-state index contributed by atoms with van der Waals surface area (Å²) in [7, 11) is 0. The van der Waals surface area contributed by atoms with Crippen molar-refractivity contribution in [2.24, 2.45) is 0 Å². The van der Waals surface area contributed by atoms with Crippen LogP contribution in [0.3, 0.4) is 0 Å². The molecule has 0 radical (unpaired) electrons. The lowest BCUT2D eigenvalue weighted by molar-refractivity contribution is -0.133. The molecule has 17 heavy (non-hydrogen) atoms. The van der Waals surface area contributed by atoms with Gasteiger partial charge in [-0.15, -0.1) is 11.3 Å². The van der Waals surface area contributed by atoms with E-state index in [9.17, 15) is 9.59 Å². The number of carbonyl (C=O) groups excluding carboxylic acids is 2. The third kappa shape index (κ3) is 2.07. The van der Waals surface area contributed by atoms with Gasteiger partial charge in [-0.3, -0.25) is 9.59 Å². The molecule has 2 aliphatic heterocycles. The van der Waals surface area contributed by atoms with E-state index in [-0.39, 0.29) is 17.2 Å². The van der Waals surface area contributed by atoms with Gasteiger partial charge in [0.05, 0.1) is 0 Å². The van der Waals surface area contributed by atoms with Crippen LogP contribution < -0.4 is 5.32 Å². The van der Waals surface area contributed by atoms with E-state index in [0.717, 1.165) is 13.0 Å². The quantitative estimate of drug-likeness (QED) is 0.839. The highest BCUT2D eigenvalue weighted by atomic mass is 32.2. The molecule has 1 N–H and O–H groups in total. The maximum atomic E-state index is 12.2. The molecule has 1 unspecified atom stereocenters. The molecule has 1 atom stereocenters. The number of carbonyl (C=O) groups is 2. The Morgan fingerprint density at radius 2 is 2.41 bits per heavy atom. The van der Waals surface area contributed by atoms with Gasteiger partial charge in [-0.1, -0.05) is 11.8 Å². The summed E-state index contributed by atoms with van der Waals surface area (Å²) < 4.78 is 0. The topological polar surface area (TPSA) is 49.4 Å². The molecule has 90 valence electrons. The summed E-state index contributed by atoms with van der Waals surface area (Å²) in [6.07, 6.45) is 0.937. The second-order valence-corrected chi connectivity index (χ2v) is 6.17. The van der Waals surface area contributed by atoms with E-state index in [2.05, 4.69) is 16.8 Å². The van der Waals surface area contributed by atoms with Gasteiger partial charge in [-0.2, -0.15) is 0 Å². The van der Waals surface area contributed by atoms with Gasteiger partial charge >= 0.3 is 0 Å². The molecule has 0 spiro atoms. The molecule has 0 aromatic carbocycles. The van der Waals surface area contributed by atoms with E-state index < -0.39 is 0 Å². The third-order valence-corrected chi connectivity index (χ3v) is 4.99. The van der Waals surface area contributed by atoms with Crippen molar-refractivity contribution in [2.75, 3.05) is 12.3 Å². The van der Waals surface area contributed by atoms with E-state index in [1.807, 2.05) is 4.90 Å². The van der Waals surface area contributed by atoms with Gasteiger partial charge in [0.1, 0.15) is 6.04 Å². The van der Waals surface area contributed by atoms with Crippen LogP contribution in [0.2, 0.25) is 0 Å². The average Bonchev–Trinajstić information content (AvgIpc) is 2.95. The van der Waals surface area contributed by atoms with Crippen molar-refractivity contribution in [3.63, 3.8) is 0 Å². The van der Waals surface area contributed by atoms with E-state index in [0.29, 0.717) is 12.3 Å². The minimum atomic E-state index is -0.326. The summed E-state index contributed by atoms with van der Waals surface area (Å²) in [4.78, 5) is 26.5. The number of amides is 2. The molecule has 3 heterocycles. The van der Waals surface area contributed by atoms with Crippen LogP contribution in [0.5, 0.6) is 0 Å². The Labute approximate surface area is 107 Å². The Bertz CT molecular complexity index is 472. The number of hydrogen-bond donors (Lipinski definition) is 1. The van der Waals surface area contributed by atoms with Gasteiger partial charge in [0.2, 0.25) is 5.91 Å². The maximum Gasteiger partial charge on any atom is 0.279 e. The summed E-state index contributed by atoms with van der Waals surface area (Å²) in [5.74, 6) is 0.616. The van der Waals surface area contributed by atoms with Crippen molar-refractivity contribution in [1.82, 2.24) is 10.2 Å². The van der Waals surface area contributed by atoms with Crippen molar-refractivity contribution >= 4 is 34.2 Å². The Morgan fingerprint density at radius 1 is 1.53 bits per heavy atom. The lowest BCUT2D eigenvalue weighted by Crippen LogP contribution is -2.47. The van der Waals surface area contributed by atoms with Gasteiger partial charge < -0.3 is 10.2 Å². The summed E-state index contributed by atoms with van der Waals surface area (Å²) in [6.45, 7) is 1.46. The zero-order valence-corrected chi connectivity index (χ0v) is 10.8. The van der Waals surface area contributed by atoms with E-state index in [1.165, 1.54) is 22.2 Å². The van der Waals surface area contributed by atoms with E-state index in [4.69, 9.17) is 0 Å². The van der Waals surface area contributed by atoms with Crippen LogP contribution in [0.1, 0.15) is 10.4 Å². The second kappa shape index (κ2) is 4.34. The third-order valence-electron chi connectivity index (χ3n) is 3.09. The zero-order valence-electron chi connectivity index (χ0n) is 9.14. The molecular formula is C11H12N2O2S2. The van der Waals surface area contributed by atoms with Crippen LogP contribution in [0.4, 0.5) is 4.79 Å². The lowest BCUT2D eigenvalue weighted by Gasteiger charge is -2.28. The number of nitrogens with one attached hydrogen (secondary N) is 1. The molecule has 1 aromatic heterocycles. The Balaban J connectivity index is 1.70. The van der Waals surface area contributed by atoms with Crippen LogP contribution >= 0.6 is 23.1 Å². The number of fused-ring (bicyclic) bond motifs is 1. The Morgan fingerprint density at radius 3 is 3.18 bits per heavy atom.